The van der Waals surface area contributed by atoms with Crippen LogP contribution in [0.2, 0.25) is 0 Å². The molecule has 1 rings (SSSR count). The van der Waals surface area contributed by atoms with E-state index in [4.69, 9.17) is 9.47 Å². The lowest BCUT2D eigenvalue weighted by Gasteiger charge is -2.21. The highest BCUT2D eigenvalue weighted by molar-refractivity contribution is 5.87. The van der Waals surface area contributed by atoms with Gasteiger partial charge in [-0.1, -0.05) is 19.1 Å². The predicted octanol–water partition coefficient (Wildman–Crippen LogP) is 3.83. The molecule has 3 nitrogen and oxygen atoms in total. The molecule has 0 unspecified atom stereocenters. The summed E-state index contributed by atoms with van der Waals surface area (Å²) >= 11 is 0. The molecule has 0 amide bonds. The van der Waals surface area contributed by atoms with Crippen LogP contribution in [0.5, 0.6) is 5.75 Å². The number of hydrogen-bond donors (Lipinski definition) is 0. The maximum Gasteiger partial charge on any atom is 0.330 e. The van der Waals surface area contributed by atoms with E-state index in [-0.39, 0.29) is 11.6 Å². The highest BCUT2D eigenvalue weighted by Crippen LogP contribution is 2.18. The topological polar surface area (TPSA) is 35.5 Å². The summed E-state index contributed by atoms with van der Waals surface area (Å²) in [7, 11) is 0. The molecular weight excluding hydrogens is 240 g/mol. The Morgan fingerprint density at radius 3 is 2.37 bits per heavy atom. The predicted molar refractivity (Wildman–Crippen MR) is 77.1 cm³/mol. The van der Waals surface area contributed by atoms with Crippen LogP contribution >= 0.6 is 0 Å². The van der Waals surface area contributed by atoms with Crippen LogP contribution in [0.25, 0.3) is 6.08 Å². The van der Waals surface area contributed by atoms with E-state index >= 15 is 0 Å². The van der Waals surface area contributed by atoms with Crippen LogP contribution in [-0.2, 0) is 9.53 Å². The van der Waals surface area contributed by atoms with Crippen molar-refractivity contribution >= 4 is 12.0 Å². The van der Waals surface area contributed by atoms with E-state index in [0.29, 0.717) is 6.61 Å². The molecule has 0 aliphatic rings. The summed E-state index contributed by atoms with van der Waals surface area (Å²) in [5.41, 5.74) is 0.733. The Kier molecular flexibility index (Phi) is 5.61. The van der Waals surface area contributed by atoms with Gasteiger partial charge in [0.25, 0.3) is 0 Å². The maximum absolute atomic E-state index is 11.3. The van der Waals surface area contributed by atoms with E-state index in [2.05, 4.69) is 0 Å². The van der Waals surface area contributed by atoms with Crippen molar-refractivity contribution in [3.63, 3.8) is 0 Å². The second-order valence-electron chi connectivity index (χ2n) is 5.28. The van der Waals surface area contributed by atoms with Gasteiger partial charge in [-0.25, -0.2) is 4.79 Å². The molecule has 0 saturated heterocycles. The van der Waals surface area contributed by atoms with E-state index in [9.17, 15) is 4.79 Å². The zero-order valence-corrected chi connectivity index (χ0v) is 12.1. The fourth-order valence-electron chi connectivity index (χ4n) is 1.42. The second kappa shape index (κ2) is 6.98. The van der Waals surface area contributed by atoms with Gasteiger partial charge in [0.2, 0.25) is 0 Å². The van der Waals surface area contributed by atoms with Crippen molar-refractivity contribution in [1.29, 1.82) is 0 Å². The van der Waals surface area contributed by atoms with Crippen LogP contribution in [0.1, 0.15) is 39.7 Å². The van der Waals surface area contributed by atoms with Gasteiger partial charge in [0.1, 0.15) is 11.4 Å². The Hall–Kier alpha value is -1.77. The number of ether oxygens (including phenoxy) is 2. The third-order valence-electron chi connectivity index (χ3n) is 2.16. The molecule has 3 heteroatoms. The minimum Gasteiger partial charge on any atom is -0.488 e. The van der Waals surface area contributed by atoms with Gasteiger partial charge in [-0.15, -0.1) is 0 Å². The molecule has 1 aromatic carbocycles. The molecule has 0 saturated carbocycles. The first-order chi connectivity index (χ1) is 8.90. The Morgan fingerprint density at radius 1 is 1.21 bits per heavy atom. The van der Waals surface area contributed by atoms with Crippen LogP contribution in [-0.4, -0.2) is 18.2 Å². The Labute approximate surface area is 115 Å². The number of carbonyl (C=O) groups is 1. The third kappa shape index (κ3) is 6.65. The van der Waals surface area contributed by atoms with Gasteiger partial charge in [-0.3, -0.25) is 0 Å². The maximum atomic E-state index is 11.3. The molecule has 19 heavy (non-hydrogen) atoms. The molecule has 0 aliphatic carbocycles. The largest absolute Gasteiger partial charge is 0.488 e. The Bertz CT molecular complexity index is 424. The average Bonchev–Trinajstić information content (AvgIpc) is 2.33. The fourth-order valence-corrected chi connectivity index (χ4v) is 1.42. The molecule has 0 aromatic heterocycles. The van der Waals surface area contributed by atoms with Crippen LogP contribution < -0.4 is 4.74 Å². The van der Waals surface area contributed by atoms with E-state index in [0.717, 1.165) is 17.7 Å². The molecule has 1 aromatic rings. The number of rotatable bonds is 5. The summed E-state index contributed by atoms with van der Waals surface area (Å²) in [6.45, 7) is 8.44. The summed E-state index contributed by atoms with van der Waals surface area (Å²) in [4.78, 5) is 11.3. The molecule has 0 aliphatic heterocycles. The monoisotopic (exact) mass is 262 g/mol. The number of esters is 1. The Balaban J connectivity index is 2.57. The first-order valence-corrected chi connectivity index (χ1v) is 6.54. The van der Waals surface area contributed by atoms with Crippen LogP contribution in [0.4, 0.5) is 0 Å². The zero-order valence-electron chi connectivity index (χ0n) is 12.1. The van der Waals surface area contributed by atoms with Crippen LogP contribution in [0.3, 0.4) is 0 Å². The molecule has 0 fully saturated rings. The highest BCUT2D eigenvalue weighted by Gasteiger charge is 2.10. The summed E-state index contributed by atoms with van der Waals surface area (Å²) in [5.74, 6) is 0.509. The van der Waals surface area contributed by atoms with Crippen molar-refractivity contribution in [1.82, 2.24) is 0 Å². The first-order valence-electron chi connectivity index (χ1n) is 6.54. The lowest BCUT2D eigenvalue weighted by atomic mass is 10.1. The lowest BCUT2D eigenvalue weighted by molar-refractivity contribution is -0.137. The van der Waals surface area contributed by atoms with Crippen molar-refractivity contribution in [2.24, 2.45) is 0 Å². The SMILES string of the molecule is CCCOC(=O)C=Cc1ccc(OC(C)(C)C)cc1. The summed E-state index contributed by atoms with van der Waals surface area (Å²) in [6, 6.07) is 7.60. The molecule has 104 valence electrons. The minimum absolute atomic E-state index is 0.207. The molecule has 0 N–H and O–H groups in total. The quantitative estimate of drug-likeness (QED) is 0.597. The molecule has 0 bridgehead atoms. The number of benzene rings is 1. The summed E-state index contributed by atoms with van der Waals surface area (Å²) in [6.07, 6.45) is 4.01. The Morgan fingerprint density at radius 2 is 1.84 bits per heavy atom. The zero-order chi connectivity index (χ0) is 14.3. The number of hydrogen-bond acceptors (Lipinski definition) is 3. The van der Waals surface area contributed by atoms with Crippen molar-refractivity contribution in [3.8, 4) is 5.75 Å². The van der Waals surface area contributed by atoms with Crippen molar-refractivity contribution < 1.29 is 14.3 Å². The second-order valence-corrected chi connectivity index (χ2v) is 5.28. The molecule has 0 heterocycles. The molecule has 0 spiro atoms. The normalized spacial score (nSPS) is 11.6. The molecule has 0 atom stereocenters. The van der Waals surface area contributed by atoms with Crippen molar-refractivity contribution in [2.75, 3.05) is 6.61 Å². The van der Waals surface area contributed by atoms with Crippen LogP contribution in [0, 0.1) is 0 Å². The van der Waals surface area contributed by atoms with Crippen molar-refractivity contribution in [3.05, 3.63) is 35.9 Å². The van der Waals surface area contributed by atoms with Gasteiger partial charge in [-0.05, 0) is 51.0 Å². The van der Waals surface area contributed by atoms with E-state index in [1.807, 2.05) is 52.0 Å². The van der Waals surface area contributed by atoms with E-state index in [1.165, 1.54) is 6.08 Å². The van der Waals surface area contributed by atoms with E-state index in [1.54, 1.807) is 6.08 Å². The fraction of sp³-hybridized carbons (Fsp3) is 0.438. The van der Waals surface area contributed by atoms with Gasteiger partial charge in [0.05, 0.1) is 6.61 Å². The number of carbonyl (C=O) groups excluding carboxylic acids is 1. The minimum atomic E-state index is -0.308. The average molecular weight is 262 g/mol. The van der Waals surface area contributed by atoms with Crippen molar-refractivity contribution in [2.45, 2.75) is 39.7 Å². The summed E-state index contributed by atoms with van der Waals surface area (Å²) in [5, 5.41) is 0. The third-order valence-corrected chi connectivity index (χ3v) is 2.16. The van der Waals surface area contributed by atoms with Gasteiger partial charge in [-0.2, -0.15) is 0 Å². The molecule has 0 radical (unpaired) electrons. The smallest absolute Gasteiger partial charge is 0.330 e. The van der Waals surface area contributed by atoms with Gasteiger partial charge in [0.15, 0.2) is 0 Å². The standard InChI is InChI=1S/C16H22O3/c1-5-12-18-15(17)11-8-13-6-9-14(10-7-13)19-16(2,3)4/h6-11H,5,12H2,1-4H3. The van der Waals surface area contributed by atoms with Gasteiger partial charge < -0.3 is 9.47 Å². The van der Waals surface area contributed by atoms with Crippen LogP contribution in [0.15, 0.2) is 30.3 Å². The van der Waals surface area contributed by atoms with Gasteiger partial charge >= 0.3 is 5.97 Å². The lowest BCUT2D eigenvalue weighted by Crippen LogP contribution is -2.22. The van der Waals surface area contributed by atoms with E-state index < -0.39 is 0 Å². The van der Waals surface area contributed by atoms with Gasteiger partial charge in [0, 0.05) is 6.08 Å². The highest BCUT2D eigenvalue weighted by atomic mass is 16.5. The summed E-state index contributed by atoms with van der Waals surface area (Å²) < 4.78 is 10.7. The first kappa shape index (κ1) is 15.3. The molecular formula is C16H22O3.